The second-order valence-corrected chi connectivity index (χ2v) is 6.17. The molecule has 8 heteroatoms. The van der Waals surface area contributed by atoms with Crippen LogP contribution in [0.1, 0.15) is 36.7 Å². The van der Waals surface area contributed by atoms with Gasteiger partial charge in [0, 0.05) is 17.7 Å². The molecule has 0 unspecified atom stereocenters. The number of nitrogens with two attached hydrogens (primary N) is 1. The fraction of sp³-hybridized carbons (Fsp3) is 0.438. The summed E-state index contributed by atoms with van der Waals surface area (Å²) in [6, 6.07) is 2.96. The number of nitrogens with one attached hydrogen (secondary N) is 1. The lowest BCUT2D eigenvalue weighted by molar-refractivity contribution is -0.138. The first-order valence-corrected chi connectivity index (χ1v) is 7.12. The van der Waals surface area contributed by atoms with Crippen LogP contribution in [0, 0.1) is 0 Å². The normalized spacial score (nSPS) is 12.9. The summed E-state index contributed by atoms with van der Waals surface area (Å²) in [5.74, 6) is -0.977. The lowest BCUT2D eigenvalue weighted by Crippen LogP contribution is -2.41. The van der Waals surface area contributed by atoms with Crippen molar-refractivity contribution >= 4 is 5.91 Å². The van der Waals surface area contributed by atoms with Gasteiger partial charge in [-0.25, -0.2) is 4.39 Å². The molecule has 0 aliphatic heterocycles. The highest BCUT2D eigenvalue weighted by atomic mass is 19.4. The van der Waals surface area contributed by atoms with Gasteiger partial charge in [-0.1, -0.05) is 0 Å². The molecule has 1 rings (SSSR count). The zero-order chi connectivity index (χ0) is 18.5. The maximum Gasteiger partial charge on any atom is 0.417 e. The molecule has 0 atom stereocenters. The van der Waals surface area contributed by atoms with Gasteiger partial charge >= 0.3 is 6.18 Å². The first-order chi connectivity index (χ1) is 11.0. The van der Waals surface area contributed by atoms with Gasteiger partial charge in [0.05, 0.1) is 17.5 Å². The van der Waals surface area contributed by atoms with Gasteiger partial charge in [0.15, 0.2) is 0 Å². The lowest BCUT2D eigenvalue weighted by Gasteiger charge is -2.22. The molecule has 3 N–H and O–H groups in total. The van der Waals surface area contributed by atoms with E-state index in [1.54, 1.807) is 20.8 Å². The fourth-order valence-electron chi connectivity index (χ4n) is 1.76. The number of carbonyl (C=O) groups is 1. The van der Waals surface area contributed by atoms with E-state index in [2.05, 4.69) is 5.32 Å². The third kappa shape index (κ3) is 5.84. The van der Waals surface area contributed by atoms with Crippen LogP contribution in [0.4, 0.5) is 17.6 Å². The summed E-state index contributed by atoms with van der Waals surface area (Å²) >= 11 is 0. The van der Waals surface area contributed by atoms with Crippen LogP contribution in [0.2, 0.25) is 0 Å². The van der Waals surface area contributed by atoms with Crippen LogP contribution in [0.25, 0.3) is 0 Å². The highest BCUT2D eigenvalue weighted by molar-refractivity contribution is 5.96. The Bertz CT molecular complexity index is 619. The summed E-state index contributed by atoms with van der Waals surface area (Å²) in [5.41, 5.74) is 3.03. The summed E-state index contributed by atoms with van der Waals surface area (Å²) < 4.78 is 57.2. The molecule has 0 radical (unpaired) electrons. The lowest BCUT2D eigenvalue weighted by atomic mass is 10.0. The van der Waals surface area contributed by atoms with Gasteiger partial charge in [-0.2, -0.15) is 13.2 Å². The number of alkyl halides is 3. The summed E-state index contributed by atoms with van der Waals surface area (Å²) in [5, 5.41) is 2.48. The van der Waals surface area contributed by atoms with Gasteiger partial charge < -0.3 is 15.8 Å². The van der Waals surface area contributed by atoms with Crippen LogP contribution in [0.15, 0.2) is 30.1 Å². The molecular weight excluding hydrogens is 328 g/mol. The van der Waals surface area contributed by atoms with Crippen LogP contribution in [-0.4, -0.2) is 24.6 Å². The minimum atomic E-state index is -4.74. The molecule has 0 aliphatic carbocycles. The van der Waals surface area contributed by atoms with E-state index < -0.39 is 28.7 Å². The number of ether oxygens (including phenoxy) is 1. The van der Waals surface area contributed by atoms with E-state index in [0.717, 1.165) is 6.07 Å². The van der Waals surface area contributed by atoms with Crippen molar-refractivity contribution in [2.45, 2.75) is 32.5 Å². The zero-order valence-corrected chi connectivity index (χ0v) is 13.6. The highest BCUT2D eigenvalue weighted by Crippen LogP contribution is 2.34. The Hall–Kier alpha value is -2.09. The first kappa shape index (κ1) is 20.0. The number of carbonyl (C=O) groups excluding carboxylic acids is 1. The van der Waals surface area contributed by atoms with Crippen molar-refractivity contribution in [2.24, 2.45) is 5.73 Å². The minimum absolute atomic E-state index is 0.0955. The van der Waals surface area contributed by atoms with Gasteiger partial charge in [-0.05, 0) is 39.0 Å². The van der Waals surface area contributed by atoms with Crippen molar-refractivity contribution in [1.29, 1.82) is 0 Å². The molecular formula is C16H20F4N2O2. The van der Waals surface area contributed by atoms with E-state index in [1.165, 1.54) is 6.07 Å². The maximum atomic E-state index is 13.2. The molecule has 4 nitrogen and oxygen atoms in total. The number of halogens is 4. The Morgan fingerprint density at radius 3 is 2.38 bits per heavy atom. The Balaban J connectivity index is 3.13. The highest BCUT2D eigenvalue weighted by Gasteiger charge is 2.36. The molecule has 0 saturated heterocycles. The standard InChI is InChI=1S/C16H20F4N2O2/c1-15(2,3)22-14(23)12-5-4-11(6-13(12)16(18,19)20)24-9-10(7-17)8-21/h4-7H,8-9,21H2,1-3H3,(H,22,23). The van der Waals surface area contributed by atoms with Crippen molar-refractivity contribution < 1.29 is 27.1 Å². The Kier molecular flexibility index (Phi) is 6.36. The van der Waals surface area contributed by atoms with Gasteiger partial charge in [-0.15, -0.1) is 0 Å². The quantitative estimate of drug-likeness (QED) is 0.802. The summed E-state index contributed by atoms with van der Waals surface area (Å²) in [7, 11) is 0. The summed E-state index contributed by atoms with van der Waals surface area (Å²) in [4.78, 5) is 12.1. The topological polar surface area (TPSA) is 64.3 Å². The van der Waals surface area contributed by atoms with Crippen molar-refractivity contribution in [3.05, 3.63) is 41.2 Å². The van der Waals surface area contributed by atoms with Crippen molar-refractivity contribution in [3.63, 3.8) is 0 Å². The van der Waals surface area contributed by atoms with E-state index >= 15 is 0 Å². The Morgan fingerprint density at radius 1 is 1.29 bits per heavy atom. The smallest absolute Gasteiger partial charge is 0.417 e. The number of hydrogen-bond acceptors (Lipinski definition) is 3. The average molecular weight is 348 g/mol. The molecule has 1 aromatic carbocycles. The average Bonchev–Trinajstić information content (AvgIpc) is 2.45. The van der Waals surface area contributed by atoms with Gasteiger partial charge in [0.2, 0.25) is 0 Å². The number of amides is 1. The van der Waals surface area contributed by atoms with Gasteiger partial charge in [0.25, 0.3) is 5.91 Å². The second-order valence-electron chi connectivity index (χ2n) is 6.17. The van der Waals surface area contributed by atoms with Crippen LogP contribution in [0.5, 0.6) is 5.75 Å². The Labute approximate surface area is 137 Å². The van der Waals surface area contributed by atoms with Crippen LogP contribution in [-0.2, 0) is 6.18 Å². The van der Waals surface area contributed by atoms with E-state index in [-0.39, 0.29) is 30.8 Å². The molecule has 0 saturated carbocycles. The fourth-order valence-corrected chi connectivity index (χ4v) is 1.76. The number of rotatable bonds is 5. The second kappa shape index (κ2) is 7.65. The summed E-state index contributed by atoms with van der Waals surface area (Å²) in [6.45, 7) is 4.58. The SMILES string of the molecule is CC(C)(C)NC(=O)c1ccc(OCC(=CF)CN)cc1C(F)(F)F. The maximum absolute atomic E-state index is 13.2. The van der Waals surface area contributed by atoms with Gasteiger partial charge in [-0.3, -0.25) is 4.79 Å². The molecule has 24 heavy (non-hydrogen) atoms. The third-order valence-electron chi connectivity index (χ3n) is 2.87. The van der Waals surface area contributed by atoms with Crippen molar-refractivity contribution in [1.82, 2.24) is 5.32 Å². The predicted molar refractivity (Wildman–Crippen MR) is 82.4 cm³/mol. The van der Waals surface area contributed by atoms with Crippen LogP contribution in [0.3, 0.4) is 0 Å². The largest absolute Gasteiger partial charge is 0.489 e. The predicted octanol–water partition coefficient (Wildman–Crippen LogP) is 3.42. The zero-order valence-electron chi connectivity index (χ0n) is 13.6. The molecule has 0 fully saturated rings. The van der Waals surface area contributed by atoms with E-state index in [0.29, 0.717) is 6.07 Å². The molecule has 0 bridgehead atoms. The third-order valence-corrected chi connectivity index (χ3v) is 2.87. The molecule has 134 valence electrons. The van der Waals surface area contributed by atoms with Crippen LogP contribution >= 0.6 is 0 Å². The minimum Gasteiger partial charge on any atom is -0.489 e. The monoisotopic (exact) mass is 348 g/mol. The number of hydrogen-bond donors (Lipinski definition) is 2. The van der Waals surface area contributed by atoms with Crippen molar-refractivity contribution in [3.8, 4) is 5.75 Å². The molecule has 1 amide bonds. The Morgan fingerprint density at radius 2 is 1.92 bits per heavy atom. The summed E-state index contributed by atoms with van der Waals surface area (Å²) in [6.07, 6.45) is -4.49. The molecule has 0 heterocycles. The molecule has 0 aromatic heterocycles. The first-order valence-electron chi connectivity index (χ1n) is 7.12. The molecule has 0 spiro atoms. The van der Waals surface area contributed by atoms with E-state index in [1.807, 2.05) is 0 Å². The van der Waals surface area contributed by atoms with Crippen molar-refractivity contribution in [2.75, 3.05) is 13.2 Å². The van der Waals surface area contributed by atoms with E-state index in [9.17, 15) is 22.4 Å². The number of benzene rings is 1. The van der Waals surface area contributed by atoms with Crippen LogP contribution < -0.4 is 15.8 Å². The molecule has 1 aromatic rings. The molecule has 0 aliphatic rings. The van der Waals surface area contributed by atoms with Gasteiger partial charge in [0.1, 0.15) is 12.4 Å². The van der Waals surface area contributed by atoms with E-state index in [4.69, 9.17) is 10.5 Å².